The summed E-state index contributed by atoms with van der Waals surface area (Å²) in [7, 11) is 1.11. The van der Waals surface area contributed by atoms with Crippen LogP contribution in [-0.4, -0.2) is 37.7 Å². The number of carbonyl (C=O) groups is 1. The van der Waals surface area contributed by atoms with Gasteiger partial charge in [0.15, 0.2) is 10.0 Å². The second kappa shape index (κ2) is 7.27. The van der Waals surface area contributed by atoms with Gasteiger partial charge in [0.1, 0.15) is 5.04 Å². The Labute approximate surface area is 113 Å². The first-order valence-electron chi connectivity index (χ1n) is 4.82. The minimum atomic E-state index is -1.48. The Bertz CT molecular complexity index is 326. The molecule has 8 heteroatoms. The smallest absolute Gasteiger partial charge is 0.296 e. The van der Waals surface area contributed by atoms with E-state index in [0.717, 1.165) is 4.31 Å². The van der Waals surface area contributed by atoms with Crippen molar-refractivity contribution in [3.05, 3.63) is 0 Å². The van der Waals surface area contributed by atoms with E-state index in [2.05, 4.69) is 9.99 Å². The fraction of sp³-hybridized carbons (Fsp3) is 0.778. The van der Waals surface area contributed by atoms with Gasteiger partial charge in [0.05, 0.1) is 0 Å². The molecule has 0 rings (SSSR count). The molecule has 0 heterocycles. The summed E-state index contributed by atoms with van der Waals surface area (Å²) in [6.45, 7) is 7.49. The highest BCUT2D eigenvalue weighted by molar-refractivity contribution is 8.68. The van der Waals surface area contributed by atoms with Gasteiger partial charge >= 0.3 is 6.09 Å². The maximum Gasteiger partial charge on any atom is 0.448 e. The summed E-state index contributed by atoms with van der Waals surface area (Å²) in [6, 6.07) is 0. The van der Waals surface area contributed by atoms with Crippen molar-refractivity contribution in [2.24, 2.45) is 5.16 Å². The van der Waals surface area contributed by atoms with Crippen molar-refractivity contribution < 1.29 is 13.8 Å². The predicted octanol–water partition coefficient (Wildman–Crippen LogP) is 2.86. The molecule has 0 aromatic rings. The minimum Gasteiger partial charge on any atom is -0.296 e. The van der Waals surface area contributed by atoms with Gasteiger partial charge in [-0.2, -0.15) is 0 Å². The number of thioether (sulfide) groups is 1. The lowest BCUT2D eigenvalue weighted by atomic mass is 10.3. The summed E-state index contributed by atoms with van der Waals surface area (Å²) >= 11 is 1.37. The zero-order chi connectivity index (χ0) is 13.6. The number of oxime groups is 1. The van der Waals surface area contributed by atoms with E-state index in [1.165, 1.54) is 29.6 Å². The van der Waals surface area contributed by atoms with Gasteiger partial charge in [-0.1, -0.05) is 5.16 Å². The van der Waals surface area contributed by atoms with Gasteiger partial charge in [-0.25, -0.2) is 13.3 Å². The molecular weight excluding hydrogens is 280 g/mol. The van der Waals surface area contributed by atoms with E-state index in [0.29, 0.717) is 5.04 Å². The van der Waals surface area contributed by atoms with E-state index < -0.39 is 16.1 Å². The minimum absolute atomic E-state index is 0.197. The van der Waals surface area contributed by atoms with Gasteiger partial charge < -0.3 is 0 Å². The molecule has 17 heavy (non-hydrogen) atoms. The summed E-state index contributed by atoms with van der Waals surface area (Å²) in [5, 5.41) is 4.21. The first-order valence-corrected chi connectivity index (χ1v) is 8.48. The van der Waals surface area contributed by atoms with Crippen LogP contribution in [-0.2, 0) is 14.9 Å². The Hall–Kier alpha value is -0.210. The molecule has 0 saturated heterocycles. The quantitative estimate of drug-likeness (QED) is 0.264. The van der Waals surface area contributed by atoms with Crippen LogP contribution in [0.5, 0.6) is 0 Å². The summed E-state index contributed by atoms with van der Waals surface area (Å²) in [5.41, 5.74) is 0. The zero-order valence-electron chi connectivity index (χ0n) is 10.8. The highest BCUT2D eigenvalue weighted by Gasteiger charge is 2.23. The van der Waals surface area contributed by atoms with E-state index in [1.54, 1.807) is 6.92 Å². The van der Waals surface area contributed by atoms with Crippen molar-refractivity contribution in [1.29, 1.82) is 0 Å². The van der Waals surface area contributed by atoms with Crippen molar-refractivity contribution in [3.8, 4) is 0 Å². The molecule has 1 amide bonds. The van der Waals surface area contributed by atoms with Gasteiger partial charge in [0.25, 0.3) is 0 Å². The Morgan fingerprint density at radius 2 is 1.94 bits per heavy atom. The number of nitrogens with zero attached hydrogens (tertiary/aromatic N) is 2. The van der Waals surface area contributed by atoms with Crippen molar-refractivity contribution in [2.45, 2.75) is 32.4 Å². The third kappa shape index (κ3) is 7.67. The highest BCUT2D eigenvalue weighted by atomic mass is 33.1. The lowest BCUT2D eigenvalue weighted by molar-refractivity contribution is 0.136. The number of rotatable bonds is 3. The average Bonchev–Trinajstić information content (AvgIpc) is 2.21. The van der Waals surface area contributed by atoms with Crippen molar-refractivity contribution >= 4 is 43.7 Å². The topological polar surface area (TPSA) is 59.0 Å². The molecular formula is C9H18N2O3S3. The molecule has 0 spiro atoms. The SMILES string of the molecule is CS/C(C)=N/OC(=O)N(C)S(=O)SC(C)(C)C. The number of hydrogen-bond acceptors (Lipinski definition) is 6. The molecule has 0 fully saturated rings. The lowest BCUT2D eigenvalue weighted by Crippen LogP contribution is -2.28. The Morgan fingerprint density at radius 1 is 1.41 bits per heavy atom. The third-order valence-corrected chi connectivity index (χ3v) is 5.85. The summed E-state index contributed by atoms with van der Waals surface area (Å²) in [4.78, 5) is 16.1. The second-order valence-corrected chi connectivity index (χ2v) is 8.81. The molecule has 5 nitrogen and oxygen atoms in total. The fourth-order valence-corrected chi connectivity index (χ4v) is 3.14. The van der Waals surface area contributed by atoms with Crippen LogP contribution < -0.4 is 0 Å². The van der Waals surface area contributed by atoms with E-state index in [-0.39, 0.29) is 4.75 Å². The third-order valence-electron chi connectivity index (χ3n) is 1.35. The van der Waals surface area contributed by atoms with E-state index in [4.69, 9.17) is 0 Å². The average molecular weight is 298 g/mol. The van der Waals surface area contributed by atoms with Gasteiger partial charge in [0.2, 0.25) is 0 Å². The number of hydrogen-bond donors (Lipinski definition) is 0. The normalized spacial score (nSPS) is 14.4. The molecule has 1 atom stereocenters. The number of carbonyl (C=O) groups excluding carboxylic acids is 1. The van der Waals surface area contributed by atoms with Crippen LogP contribution in [0.1, 0.15) is 27.7 Å². The van der Waals surface area contributed by atoms with Crippen molar-refractivity contribution in [1.82, 2.24) is 4.31 Å². The molecule has 0 aliphatic rings. The monoisotopic (exact) mass is 298 g/mol. The first-order chi connectivity index (χ1) is 7.67. The summed E-state index contributed by atoms with van der Waals surface area (Å²) < 4.78 is 12.6. The highest BCUT2D eigenvalue weighted by Crippen LogP contribution is 2.28. The van der Waals surface area contributed by atoms with Crippen molar-refractivity contribution in [2.75, 3.05) is 13.3 Å². The fourth-order valence-electron chi connectivity index (χ4n) is 0.529. The molecule has 1 unspecified atom stereocenters. The second-order valence-electron chi connectivity index (χ2n) is 4.08. The molecule has 100 valence electrons. The standard InChI is InChI=1S/C9H18N2O3S3/c1-7(15-6)10-14-8(12)11(5)17(13)16-9(2,3)4/h1-6H3/b10-7+. The van der Waals surface area contributed by atoms with Gasteiger partial charge in [-0.05, 0) is 44.7 Å². The van der Waals surface area contributed by atoms with Gasteiger partial charge in [-0.3, -0.25) is 4.84 Å². The number of amides is 1. The summed E-state index contributed by atoms with van der Waals surface area (Å²) in [5.74, 6) is 0. The lowest BCUT2D eigenvalue weighted by Gasteiger charge is -2.20. The van der Waals surface area contributed by atoms with E-state index >= 15 is 0 Å². The van der Waals surface area contributed by atoms with E-state index in [1.807, 2.05) is 27.0 Å². The van der Waals surface area contributed by atoms with Crippen LogP contribution in [0.4, 0.5) is 4.79 Å². The van der Waals surface area contributed by atoms with E-state index in [9.17, 15) is 9.00 Å². The summed E-state index contributed by atoms with van der Waals surface area (Å²) in [6.07, 6.45) is 1.10. The predicted molar refractivity (Wildman–Crippen MR) is 76.4 cm³/mol. The maximum atomic E-state index is 11.8. The Kier molecular flexibility index (Phi) is 7.18. The Morgan fingerprint density at radius 3 is 2.35 bits per heavy atom. The molecule has 0 N–H and O–H groups in total. The first kappa shape index (κ1) is 16.8. The van der Waals surface area contributed by atoms with Crippen LogP contribution in [0, 0.1) is 0 Å². The van der Waals surface area contributed by atoms with Crippen LogP contribution in [0.15, 0.2) is 5.16 Å². The zero-order valence-corrected chi connectivity index (χ0v) is 13.3. The van der Waals surface area contributed by atoms with Gasteiger partial charge in [-0.15, -0.1) is 11.8 Å². The Balaban J connectivity index is 4.36. The molecule has 0 aliphatic carbocycles. The largest absolute Gasteiger partial charge is 0.448 e. The van der Waals surface area contributed by atoms with Gasteiger partial charge in [0, 0.05) is 11.8 Å². The molecule has 0 aliphatic heterocycles. The molecule has 0 radical (unpaired) electrons. The van der Waals surface area contributed by atoms with Crippen LogP contribution in [0.3, 0.4) is 0 Å². The molecule has 0 saturated carbocycles. The van der Waals surface area contributed by atoms with Crippen LogP contribution in [0.2, 0.25) is 0 Å². The maximum absolute atomic E-state index is 11.8. The molecule has 0 bridgehead atoms. The van der Waals surface area contributed by atoms with Crippen LogP contribution >= 0.6 is 22.6 Å². The van der Waals surface area contributed by atoms with Crippen molar-refractivity contribution in [3.63, 3.8) is 0 Å². The van der Waals surface area contributed by atoms with Crippen LogP contribution in [0.25, 0.3) is 0 Å². The molecule has 0 aromatic heterocycles. The molecule has 0 aromatic carbocycles.